The van der Waals surface area contributed by atoms with E-state index in [4.69, 9.17) is 14.6 Å². The van der Waals surface area contributed by atoms with Gasteiger partial charge in [-0.1, -0.05) is 29.8 Å². The van der Waals surface area contributed by atoms with Crippen LogP contribution < -0.4 is 14.8 Å². The fraction of sp³-hybridized carbons (Fsp3) is 0.333. The molecular formula is C21H25NO5. The smallest absolute Gasteiger partial charge is 0.341 e. The van der Waals surface area contributed by atoms with Gasteiger partial charge in [0.05, 0.1) is 13.0 Å². The van der Waals surface area contributed by atoms with Gasteiger partial charge in [0.25, 0.3) is 0 Å². The second kappa shape index (κ2) is 10.2. The SMILES string of the molecule is Cc1ccc(OCCC(=O)NCCc2ccc(OCC(=O)O)cc2)c(C)c1. The number of amides is 1. The number of rotatable bonds is 10. The van der Waals surface area contributed by atoms with Crippen molar-refractivity contribution < 1.29 is 24.2 Å². The average molecular weight is 371 g/mol. The number of carbonyl (C=O) groups is 2. The highest BCUT2D eigenvalue weighted by Gasteiger charge is 2.04. The lowest BCUT2D eigenvalue weighted by Crippen LogP contribution is -2.27. The largest absolute Gasteiger partial charge is 0.493 e. The van der Waals surface area contributed by atoms with E-state index >= 15 is 0 Å². The van der Waals surface area contributed by atoms with Gasteiger partial charge in [0, 0.05) is 6.54 Å². The first kappa shape index (κ1) is 20.3. The van der Waals surface area contributed by atoms with Crippen LogP contribution in [0.25, 0.3) is 0 Å². The lowest BCUT2D eigenvalue weighted by Gasteiger charge is -2.10. The summed E-state index contributed by atoms with van der Waals surface area (Å²) < 4.78 is 10.7. The normalized spacial score (nSPS) is 10.3. The fourth-order valence-electron chi connectivity index (χ4n) is 2.55. The quantitative estimate of drug-likeness (QED) is 0.671. The van der Waals surface area contributed by atoms with Crippen LogP contribution in [0, 0.1) is 13.8 Å². The molecule has 6 heteroatoms. The highest BCUT2D eigenvalue weighted by atomic mass is 16.5. The van der Waals surface area contributed by atoms with E-state index in [0.29, 0.717) is 31.7 Å². The molecule has 6 nitrogen and oxygen atoms in total. The highest BCUT2D eigenvalue weighted by molar-refractivity contribution is 5.76. The molecule has 0 heterocycles. The van der Waals surface area contributed by atoms with Gasteiger partial charge in [-0.05, 0) is 49.6 Å². The molecule has 0 unspecified atom stereocenters. The fourth-order valence-corrected chi connectivity index (χ4v) is 2.55. The van der Waals surface area contributed by atoms with Gasteiger partial charge >= 0.3 is 5.97 Å². The lowest BCUT2D eigenvalue weighted by molar-refractivity contribution is -0.139. The van der Waals surface area contributed by atoms with Crippen molar-refractivity contribution in [2.45, 2.75) is 26.7 Å². The van der Waals surface area contributed by atoms with Gasteiger partial charge in [-0.2, -0.15) is 0 Å². The van der Waals surface area contributed by atoms with E-state index in [1.807, 2.05) is 44.2 Å². The van der Waals surface area contributed by atoms with Crippen LogP contribution in [-0.2, 0) is 16.0 Å². The summed E-state index contributed by atoms with van der Waals surface area (Å²) in [6, 6.07) is 13.1. The third-order valence-electron chi connectivity index (χ3n) is 3.94. The van der Waals surface area contributed by atoms with E-state index in [1.54, 1.807) is 12.1 Å². The summed E-state index contributed by atoms with van der Waals surface area (Å²) in [5.74, 6) is 0.247. The van der Waals surface area contributed by atoms with Gasteiger partial charge < -0.3 is 19.9 Å². The van der Waals surface area contributed by atoms with E-state index < -0.39 is 5.97 Å². The Morgan fingerprint density at radius 3 is 2.44 bits per heavy atom. The number of aryl methyl sites for hydroxylation is 2. The molecule has 2 aromatic rings. The molecule has 0 radical (unpaired) electrons. The molecule has 0 spiro atoms. The predicted octanol–water partition coefficient (Wildman–Crippen LogP) is 2.89. The molecule has 0 aliphatic carbocycles. The number of aliphatic carboxylic acids is 1. The molecule has 2 rings (SSSR count). The molecule has 0 fully saturated rings. The summed E-state index contributed by atoms with van der Waals surface area (Å²) in [7, 11) is 0. The number of carboxylic acid groups (broad SMARTS) is 1. The molecule has 144 valence electrons. The molecule has 27 heavy (non-hydrogen) atoms. The summed E-state index contributed by atoms with van der Waals surface area (Å²) in [6.07, 6.45) is 0.984. The Labute approximate surface area is 159 Å². The van der Waals surface area contributed by atoms with Gasteiger partial charge in [-0.15, -0.1) is 0 Å². The second-order valence-electron chi connectivity index (χ2n) is 6.29. The maximum absolute atomic E-state index is 11.9. The van der Waals surface area contributed by atoms with Crippen LogP contribution in [0.2, 0.25) is 0 Å². The van der Waals surface area contributed by atoms with Gasteiger partial charge in [0.1, 0.15) is 11.5 Å². The Bertz CT molecular complexity index is 771. The molecule has 0 saturated carbocycles. The first-order chi connectivity index (χ1) is 12.9. The molecule has 0 aliphatic heterocycles. The number of carboxylic acids is 1. The monoisotopic (exact) mass is 371 g/mol. The van der Waals surface area contributed by atoms with Crippen molar-refractivity contribution in [3.8, 4) is 11.5 Å². The first-order valence-corrected chi connectivity index (χ1v) is 8.84. The summed E-state index contributed by atoms with van der Waals surface area (Å²) in [6.45, 7) is 4.52. The maximum Gasteiger partial charge on any atom is 0.341 e. The minimum absolute atomic E-state index is 0.0545. The van der Waals surface area contributed by atoms with Crippen LogP contribution >= 0.6 is 0 Å². The van der Waals surface area contributed by atoms with Gasteiger partial charge in [0.2, 0.25) is 5.91 Å². The van der Waals surface area contributed by atoms with Crippen molar-refractivity contribution in [1.29, 1.82) is 0 Å². The highest BCUT2D eigenvalue weighted by Crippen LogP contribution is 2.18. The minimum atomic E-state index is -1.01. The topological polar surface area (TPSA) is 84.9 Å². The van der Waals surface area contributed by atoms with Gasteiger partial charge in [0.15, 0.2) is 6.61 Å². The van der Waals surface area contributed by atoms with Crippen molar-refractivity contribution in [2.75, 3.05) is 19.8 Å². The molecule has 0 aliphatic rings. The van der Waals surface area contributed by atoms with Crippen molar-refractivity contribution in [3.05, 3.63) is 59.2 Å². The zero-order valence-electron chi connectivity index (χ0n) is 15.7. The number of nitrogens with one attached hydrogen (secondary N) is 1. The van der Waals surface area contributed by atoms with Crippen LogP contribution in [-0.4, -0.2) is 36.7 Å². The standard InChI is InChI=1S/C21H25NO5/c1-15-3-8-19(16(2)13-15)26-12-10-20(23)22-11-9-17-4-6-18(7-5-17)27-14-21(24)25/h3-8,13H,9-12,14H2,1-2H3,(H,22,23)(H,24,25). The number of ether oxygens (including phenoxy) is 2. The second-order valence-corrected chi connectivity index (χ2v) is 6.29. The Kier molecular flexibility index (Phi) is 7.67. The van der Waals surface area contributed by atoms with Crippen molar-refractivity contribution >= 4 is 11.9 Å². The molecular weight excluding hydrogens is 346 g/mol. The van der Waals surface area contributed by atoms with E-state index in [-0.39, 0.29) is 12.5 Å². The van der Waals surface area contributed by atoms with E-state index in [2.05, 4.69) is 5.32 Å². The van der Waals surface area contributed by atoms with Gasteiger partial charge in [-0.3, -0.25) is 4.79 Å². The third-order valence-corrected chi connectivity index (χ3v) is 3.94. The number of hydrogen-bond acceptors (Lipinski definition) is 4. The number of carbonyl (C=O) groups excluding carboxylic acids is 1. The van der Waals surface area contributed by atoms with Crippen LogP contribution in [0.3, 0.4) is 0 Å². The molecule has 0 saturated heterocycles. The molecule has 0 bridgehead atoms. The summed E-state index contributed by atoms with van der Waals surface area (Å²) in [4.78, 5) is 22.4. The van der Waals surface area contributed by atoms with Crippen LogP contribution in [0.15, 0.2) is 42.5 Å². The third kappa shape index (κ3) is 7.40. The molecule has 2 N–H and O–H groups in total. The van der Waals surface area contributed by atoms with Gasteiger partial charge in [-0.25, -0.2) is 4.79 Å². The first-order valence-electron chi connectivity index (χ1n) is 8.84. The Balaban J connectivity index is 1.64. The van der Waals surface area contributed by atoms with E-state index in [1.165, 1.54) is 5.56 Å². The van der Waals surface area contributed by atoms with E-state index in [9.17, 15) is 9.59 Å². The zero-order chi connectivity index (χ0) is 19.6. The summed E-state index contributed by atoms with van der Waals surface area (Å²) in [5.41, 5.74) is 3.27. The zero-order valence-corrected chi connectivity index (χ0v) is 15.7. The maximum atomic E-state index is 11.9. The molecule has 2 aromatic carbocycles. The summed E-state index contributed by atoms with van der Waals surface area (Å²) in [5, 5.41) is 11.4. The molecule has 0 atom stereocenters. The van der Waals surface area contributed by atoms with Crippen LogP contribution in [0.4, 0.5) is 0 Å². The molecule has 1 amide bonds. The van der Waals surface area contributed by atoms with Crippen molar-refractivity contribution in [1.82, 2.24) is 5.32 Å². The minimum Gasteiger partial charge on any atom is -0.493 e. The summed E-state index contributed by atoms with van der Waals surface area (Å²) >= 11 is 0. The van der Waals surface area contributed by atoms with Crippen LogP contribution in [0.1, 0.15) is 23.1 Å². The van der Waals surface area contributed by atoms with Crippen molar-refractivity contribution in [2.24, 2.45) is 0 Å². The molecule has 0 aromatic heterocycles. The number of hydrogen-bond donors (Lipinski definition) is 2. The Morgan fingerprint density at radius 1 is 1.04 bits per heavy atom. The Hall–Kier alpha value is -3.02. The predicted molar refractivity (Wildman–Crippen MR) is 102 cm³/mol. The van der Waals surface area contributed by atoms with Crippen molar-refractivity contribution in [3.63, 3.8) is 0 Å². The number of benzene rings is 2. The van der Waals surface area contributed by atoms with E-state index in [0.717, 1.165) is 16.9 Å². The average Bonchev–Trinajstić information content (AvgIpc) is 2.63. The lowest BCUT2D eigenvalue weighted by atomic mass is 10.1. The van der Waals surface area contributed by atoms with Crippen LogP contribution in [0.5, 0.6) is 11.5 Å². The Morgan fingerprint density at radius 2 is 1.78 bits per heavy atom.